The Morgan fingerprint density at radius 1 is 1.47 bits per heavy atom. The summed E-state index contributed by atoms with van der Waals surface area (Å²) in [4.78, 5) is 9.52. The maximum Gasteiger partial charge on any atom is 0.312 e. The summed E-state index contributed by atoms with van der Waals surface area (Å²) in [6.07, 6.45) is 0.561. The van der Waals surface area contributed by atoms with Gasteiger partial charge in [-0.25, -0.2) is 17.2 Å². The maximum absolute atomic E-state index is 13.7. The highest BCUT2D eigenvalue weighted by Gasteiger charge is 2.30. The highest BCUT2D eigenvalue weighted by molar-refractivity contribution is 7.90. The van der Waals surface area contributed by atoms with Gasteiger partial charge in [-0.15, -0.1) is 0 Å². The molecule has 0 amide bonds. The standard InChI is InChI=1S/C10H11F2NO5S/c1-19(17,18)9-6(11)2-4(8(14)7(9)12)5(3-13)10(15)16/h2,5,14H,3,13H2,1H3,(H,15,16). The van der Waals surface area contributed by atoms with Crippen molar-refractivity contribution in [2.24, 2.45) is 5.73 Å². The molecule has 0 radical (unpaired) electrons. The van der Waals surface area contributed by atoms with Crippen LogP contribution < -0.4 is 5.73 Å². The van der Waals surface area contributed by atoms with Crippen molar-refractivity contribution in [3.05, 3.63) is 23.3 Å². The van der Waals surface area contributed by atoms with Crippen molar-refractivity contribution >= 4 is 15.8 Å². The number of benzene rings is 1. The molecule has 1 aromatic carbocycles. The summed E-state index contributed by atoms with van der Waals surface area (Å²) in [6.45, 7) is -0.514. The van der Waals surface area contributed by atoms with Gasteiger partial charge in [-0.1, -0.05) is 0 Å². The van der Waals surface area contributed by atoms with Gasteiger partial charge in [-0.3, -0.25) is 4.79 Å². The third-order valence-corrected chi connectivity index (χ3v) is 3.58. The molecular weight excluding hydrogens is 284 g/mol. The average molecular weight is 295 g/mol. The van der Waals surface area contributed by atoms with Gasteiger partial charge in [0.25, 0.3) is 0 Å². The van der Waals surface area contributed by atoms with Crippen LogP contribution in [-0.4, -0.2) is 37.4 Å². The maximum atomic E-state index is 13.7. The van der Waals surface area contributed by atoms with Gasteiger partial charge in [0.2, 0.25) is 0 Å². The molecule has 1 atom stereocenters. The third kappa shape index (κ3) is 2.82. The Morgan fingerprint density at radius 3 is 2.37 bits per heavy atom. The quantitative estimate of drug-likeness (QED) is 0.730. The van der Waals surface area contributed by atoms with Crippen molar-refractivity contribution in [1.29, 1.82) is 0 Å². The summed E-state index contributed by atoms with van der Waals surface area (Å²) in [5.41, 5.74) is 4.53. The molecule has 0 aliphatic rings. The molecule has 0 aliphatic carbocycles. The zero-order chi connectivity index (χ0) is 15.0. The highest BCUT2D eigenvalue weighted by Crippen LogP contribution is 2.34. The lowest BCUT2D eigenvalue weighted by molar-refractivity contribution is -0.138. The van der Waals surface area contributed by atoms with Crippen molar-refractivity contribution < 1.29 is 32.2 Å². The molecule has 0 bridgehead atoms. The van der Waals surface area contributed by atoms with Crippen LogP contribution in [0.4, 0.5) is 8.78 Å². The van der Waals surface area contributed by atoms with Crippen molar-refractivity contribution in [3.8, 4) is 5.75 Å². The SMILES string of the molecule is CS(=O)(=O)c1c(F)cc(C(CN)C(=O)O)c(O)c1F. The number of phenolic OH excluding ortho intramolecular Hbond substituents is 1. The van der Waals surface area contributed by atoms with Crippen molar-refractivity contribution in [2.75, 3.05) is 12.8 Å². The zero-order valence-corrected chi connectivity index (χ0v) is 10.5. The van der Waals surface area contributed by atoms with Crippen LogP contribution >= 0.6 is 0 Å². The number of aromatic hydroxyl groups is 1. The summed E-state index contributed by atoms with van der Waals surface area (Å²) in [5.74, 6) is -7.48. The zero-order valence-electron chi connectivity index (χ0n) is 9.72. The van der Waals surface area contributed by atoms with E-state index < -0.39 is 56.1 Å². The largest absolute Gasteiger partial charge is 0.505 e. The summed E-state index contributed by atoms with van der Waals surface area (Å²) >= 11 is 0. The summed E-state index contributed by atoms with van der Waals surface area (Å²) in [5, 5.41) is 18.3. The first-order chi connectivity index (χ1) is 8.61. The topological polar surface area (TPSA) is 118 Å². The average Bonchev–Trinajstić information content (AvgIpc) is 2.23. The van der Waals surface area contributed by atoms with E-state index in [1.54, 1.807) is 0 Å². The number of hydrogen-bond acceptors (Lipinski definition) is 5. The van der Waals surface area contributed by atoms with E-state index in [1.807, 2.05) is 0 Å². The van der Waals surface area contributed by atoms with Crippen LogP contribution in [0.25, 0.3) is 0 Å². The second-order valence-electron chi connectivity index (χ2n) is 3.84. The minimum Gasteiger partial charge on any atom is -0.505 e. The van der Waals surface area contributed by atoms with Crippen molar-refractivity contribution in [3.63, 3.8) is 0 Å². The number of halogens is 2. The van der Waals surface area contributed by atoms with E-state index in [2.05, 4.69) is 0 Å². The first-order valence-corrected chi connectivity index (χ1v) is 6.84. The number of sulfone groups is 1. The highest BCUT2D eigenvalue weighted by atomic mass is 32.2. The number of phenols is 1. The van der Waals surface area contributed by atoms with Gasteiger partial charge in [-0.2, -0.15) is 0 Å². The predicted molar refractivity (Wildman–Crippen MR) is 60.6 cm³/mol. The van der Waals surface area contributed by atoms with E-state index in [9.17, 15) is 27.1 Å². The van der Waals surface area contributed by atoms with Gasteiger partial charge in [0.1, 0.15) is 10.7 Å². The number of rotatable bonds is 4. The van der Waals surface area contributed by atoms with Crippen LogP contribution in [0, 0.1) is 11.6 Å². The van der Waals surface area contributed by atoms with Gasteiger partial charge < -0.3 is 15.9 Å². The number of aliphatic carboxylic acids is 1. The number of nitrogens with two attached hydrogens (primary N) is 1. The second kappa shape index (κ2) is 5.10. The van der Waals surface area contributed by atoms with Gasteiger partial charge in [0.05, 0.1) is 5.92 Å². The van der Waals surface area contributed by atoms with Gasteiger partial charge in [0, 0.05) is 18.4 Å². The Hall–Kier alpha value is -1.74. The molecule has 4 N–H and O–H groups in total. The van der Waals surface area contributed by atoms with E-state index in [-0.39, 0.29) is 0 Å². The predicted octanol–water partition coefficient (Wildman–Crippen LogP) is 0.201. The number of carboxylic acids is 1. The third-order valence-electron chi connectivity index (χ3n) is 2.46. The van der Waals surface area contributed by atoms with Crippen LogP contribution in [0.5, 0.6) is 5.75 Å². The van der Waals surface area contributed by atoms with E-state index in [4.69, 9.17) is 10.8 Å². The lowest BCUT2D eigenvalue weighted by Crippen LogP contribution is -2.22. The fourth-order valence-electron chi connectivity index (χ4n) is 1.58. The molecule has 19 heavy (non-hydrogen) atoms. The van der Waals surface area contributed by atoms with Crippen LogP contribution in [0.3, 0.4) is 0 Å². The molecule has 0 saturated carbocycles. The Bertz CT molecular complexity index is 629. The molecule has 6 nitrogen and oxygen atoms in total. The van der Waals surface area contributed by atoms with Gasteiger partial charge in [0.15, 0.2) is 21.4 Å². The fourth-order valence-corrected chi connectivity index (χ4v) is 2.41. The number of hydrogen-bond donors (Lipinski definition) is 3. The van der Waals surface area contributed by atoms with E-state index in [1.165, 1.54) is 0 Å². The monoisotopic (exact) mass is 295 g/mol. The normalized spacial score (nSPS) is 13.3. The van der Waals surface area contributed by atoms with Crippen LogP contribution in [-0.2, 0) is 14.6 Å². The van der Waals surface area contributed by atoms with Gasteiger partial charge in [-0.05, 0) is 6.07 Å². The second-order valence-corrected chi connectivity index (χ2v) is 5.79. The molecule has 1 unspecified atom stereocenters. The molecule has 1 aromatic rings. The molecule has 0 aliphatic heterocycles. The summed E-state index contributed by atoms with van der Waals surface area (Å²) in [6, 6.07) is 0.459. The van der Waals surface area contributed by atoms with Crippen molar-refractivity contribution in [1.82, 2.24) is 0 Å². The van der Waals surface area contributed by atoms with Crippen LogP contribution in [0.1, 0.15) is 11.5 Å². The molecule has 0 fully saturated rings. The number of carbonyl (C=O) groups is 1. The van der Waals surface area contributed by atoms with Crippen molar-refractivity contribution in [2.45, 2.75) is 10.8 Å². The first kappa shape index (κ1) is 15.3. The molecule has 0 aromatic heterocycles. The molecule has 106 valence electrons. The molecule has 0 spiro atoms. The number of carboxylic acid groups (broad SMARTS) is 1. The lowest BCUT2D eigenvalue weighted by atomic mass is 9.98. The van der Waals surface area contributed by atoms with E-state index in [0.29, 0.717) is 12.3 Å². The molecular formula is C10H11F2NO5S. The molecule has 1 rings (SSSR count). The fraction of sp³-hybridized carbons (Fsp3) is 0.300. The van der Waals surface area contributed by atoms with Crippen LogP contribution in [0.15, 0.2) is 11.0 Å². The Kier molecular flexibility index (Phi) is 4.11. The Morgan fingerprint density at radius 2 is 2.00 bits per heavy atom. The molecule has 0 heterocycles. The minimum absolute atomic E-state index is 0.459. The van der Waals surface area contributed by atoms with Gasteiger partial charge >= 0.3 is 5.97 Å². The summed E-state index contributed by atoms with van der Waals surface area (Å²) < 4.78 is 49.6. The Labute approximate surface area is 107 Å². The molecule has 0 saturated heterocycles. The molecule has 9 heteroatoms. The Balaban J connectivity index is 3.63. The minimum atomic E-state index is -4.24. The van der Waals surface area contributed by atoms with Crippen LogP contribution in [0.2, 0.25) is 0 Å². The first-order valence-electron chi connectivity index (χ1n) is 4.95. The van der Waals surface area contributed by atoms with E-state index >= 15 is 0 Å². The summed E-state index contributed by atoms with van der Waals surface area (Å²) in [7, 11) is -4.24. The smallest absolute Gasteiger partial charge is 0.312 e. The lowest BCUT2D eigenvalue weighted by Gasteiger charge is -2.14. The van der Waals surface area contributed by atoms with E-state index in [0.717, 1.165) is 0 Å².